The molecule has 2 aromatic carbocycles. The third-order valence-corrected chi connectivity index (χ3v) is 4.54. The van der Waals surface area contributed by atoms with Gasteiger partial charge in [-0.15, -0.1) is 0 Å². The molecule has 0 radical (unpaired) electrons. The number of hydrogen-bond donors (Lipinski definition) is 1. The number of hydrogen-bond acceptors (Lipinski definition) is 2. The van der Waals surface area contributed by atoms with Gasteiger partial charge in [0.15, 0.2) is 0 Å². The van der Waals surface area contributed by atoms with Crippen LogP contribution in [0.2, 0.25) is 0 Å². The van der Waals surface area contributed by atoms with E-state index in [0.29, 0.717) is 0 Å². The minimum atomic E-state index is -0.932. The number of aliphatic imine (C=N–C) groups is 1. The third-order valence-electron chi connectivity index (χ3n) is 4.54. The van der Waals surface area contributed by atoms with Gasteiger partial charge < -0.3 is 9.67 Å². The number of benzene rings is 2. The van der Waals surface area contributed by atoms with E-state index in [1.54, 1.807) is 24.3 Å². The monoisotopic (exact) mass is 346 g/mol. The van der Waals surface area contributed by atoms with Crippen LogP contribution < -0.4 is 0 Å². The molecule has 0 aliphatic heterocycles. The molecule has 0 fully saturated rings. The number of carboxylic acid groups (broad SMARTS) is 1. The molecule has 4 heteroatoms. The van der Waals surface area contributed by atoms with Crippen LogP contribution in [0.4, 0.5) is 5.69 Å². The van der Waals surface area contributed by atoms with E-state index in [1.165, 1.54) is 5.56 Å². The minimum Gasteiger partial charge on any atom is -0.478 e. The normalized spacial score (nSPS) is 11.2. The van der Waals surface area contributed by atoms with Crippen LogP contribution in [-0.4, -0.2) is 21.9 Å². The maximum absolute atomic E-state index is 10.9. The highest BCUT2D eigenvalue weighted by molar-refractivity contribution is 5.88. The van der Waals surface area contributed by atoms with Crippen molar-refractivity contribution in [3.8, 4) is 5.69 Å². The van der Waals surface area contributed by atoms with Gasteiger partial charge in [0.25, 0.3) is 0 Å². The molecule has 132 valence electrons. The summed E-state index contributed by atoms with van der Waals surface area (Å²) in [5.41, 5.74) is 6.77. The zero-order valence-electron chi connectivity index (χ0n) is 15.2. The molecule has 0 saturated heterocycles. The van der Waals surface area contributed by atoms with Crippen LogP contribution in [0.5, 0.6) is 0 Å². The highest BCUT2D eigenvalue weighted by Crippen LogP contribution is 2.21. The first-order valence-electron chi connectivity index (χ1n) is 8.65. The maximum atomic E-state index is 10.9. The second kappa shape index (κ2) is 7.40. The maximum Gasteiger partial charge on any atom is 0.335 e. The topological polar surface area (TPSA) is 54.6 Å². The molecule has 3 rings (SSSR count). The van der Waals surface area contributed by atoms with Crippen molar-refractivity contribution in [2.24, 2.45) is 4.99 Å². The van der Waals surface area contributed by atoms with Gasteiger partial charge in [0.1, 0.15) is 0 Å². The zero-order chi connectivity index (χ0) is 18.7. The fraction of sp³-hybridized carbons (Fsp3) is 0.182. The minimum absolute atomic E-state index is 0.262. The summed E-state index contributed by atoms with van der Waals surface area (Å²) in [5, 5.41) is 8.95. The van der Waals surface area contributed by atoms with Gasteiger partial charge in [-0.05, 0) is 68.3 Å². The molecule has 1 heterocycles. The molecular weight excluding hydrogens is 324 g/mol. The van der Waals surface area contributed by atoms with Crippen LogP contribution >= 0.6 is 0 Å². The molecular formula is C22H22N2O2. The molecule has 0 spiro atoms. The van der Waals surface area contributed by atoms with Crippen molar-refractivity contribution in [3.05, 3.63) is 82.7 Å². The lowest BCUT2D eigenvalue weighted by atomic mass is 10.1. The van der Waals surface area contributed by atoms with E-state index in [-0.39, 0.29) is 5.56 Å². The van der Waals surface area contributed by atoms with Gasteiger partial charge in [0.2, 0.25) is 0 Å². The van der Waals surface area contributed by atoms with Gasteiger partial charge >= 0.3 is 5.97 Å². The number of carbonyl (C=O) groups is 1. The quantitative estimate of drug-likeness (QED) is 0.653. The summed E-state index contributed by atoms with van der Waals surface area (Å²) in [5.74, 6) is -0.932. The number of aryl methyl sites for hydroxylation is 2. The number of nitrogens with zero attached hydrogens (tertiary/aromatic N) is 2. The van der Waals surface area contributed by atoms with Crippen LogP contribution in [0.3, 0.4) is 0 Å². The van der Waals surface area contributed by atoms with Crippen molar-refractivity contribution in [2.75, 3.05) is 0 Å². The lowest BCUT2D eigenvalue weighted by molar-refractivity contribution is 0.0697. The molecule has 0 aliphatic rings. The Labute approximate surface area is 153 Å². The lowest BCUT2D eigenvalue weighted by Gasteiger charge is -2.10. The summed E-state index contributed by atoms with van der Waals surface area (Å²) in [6, 6.07) is 17.3. The molecule has 0 amide bonds. The van der Waals surface area contributed by atoms with E-state index in [1.807, 2.05) is 6.21 Å². The summed E-state index contributed by atoms with van der Waals surface area (Å²) in [4.78, 5) is 15.4. The van der Waals surface area contributed by atoms with Crippen LogP contribution in [0.15, 0.2) is 59.6 Å². The van der Waals surface area contributed by atoms with Gasteiger partial charge in [-0.3, -0.25) is 4.99 Å². The Morgan fingerprint density at radius 1 is 1.08 bits per heavy atom. The van der Waals surface area contributed by atoms with Crippen molar-refractivity contribution >= 4 is 17.9 Å². The fourth-order valence-corrected chi connectivity index (χ4v) is 3.03. The largest absolute Gasteiger partial charge is 0.478 e. The number of aromatic nitrogens is 1. The van der Waals surface area contributed by atoms with Crippen LogP contribution in [0, 0.1) is 13.8 Å². The second-order valence-corrected chi connectivity index (χ2v) is 6.29. The predicted octanol–water partition coefficient (Wildman–Crippen LogP) is 5.11. The molecule has 4 nitrogen and oxygen atoms in total. The number of carboxylic acids is 1. The summed E-state index contributed by atoms with van der Waals surface area (Å²) in [6.45, 7) is 6.31. The second-order valence-electron chi connectivity index (χ2n) is 6.29. The summed E-state index contributed by atoms with van der Waals surface area (Å²) >= 11 is 0. The Balaban J connectivity index is 1.88. The van der Waals surface area contributed by atoms with Crippen LogP contribution in [0.25, 0.3) is 5.69 Å². The molecule has 0 atom stereocenters. The Hall–Kier alpha value is -3.14. The van der Waals surface area contributed by atoms with Crippen molar-refractivity contribution in [1.82, 2.24) is 4.57 Å². The first-order chi connectivity index (χ1) is 12.5. The smallest absolute Gasteiger partial charge is 0.335 e. The standard InChI is InChI=1S/C22H22N2O2/c1-4-17-5-11-21(12-6-17)24-15(2)13-19(16(24)3)14-23-20-9-7-18(8-10-20)22(25)26/h5-14H,4H2,1-3H3,(H,25,26). The Morgan fingerprint density at radius 3 is 2.31 bits per heavy atom. The molecule has 0 unspecified atom stereocenters. The molecule has 1 N–H and O–H groups in total. The molecule has 1 aromatic heterocycles. The first-order valence-corrected chi connectivity index (χ1v) is 8.65. The molecule has 26 heavy (non-hydrogen) atoms. The van der Waals surface area contributed by atoms with Gasteiger partial charge in [0.05, 0.1) is 11.3 Å². The molecule has 0 aliphatic carbocycles. The van der Waals surface area contributed by atoms with Crippen molar-refractivity contribution in [3.63, 3.8) is 0 Å². The summed E-state index contributed by atoms with van der Waals surface area (Å²) in [6.07, 6.45) is 2.86. The van der Waals surface area contributed by atoms with Crippen molar-refractivity contribution < 1.29 is 9.90 Å². The molecule has 0 saturated carbocycles. The van der Waals surface area contributed by atoms with Gasteiger partial charge in [-0.25, -0.2) is 4.79 Å². The first kappa shape index (κ1) is 17.7. The lowest BCUT2D eigenvalue weighted by Crippen LogP contribution is -1.99. The predicted molar refractivity (Wildman–Crippen MR) is 105 cm³/mol. The van der Waals surface area contributed by atoms with Crippen molar-refractivity contribution in [2.45, 2.75) is 27.2 Å². The third kappa shape index (κ3) is 3.59. The SMILES string of the molecule is CCc1ccc(-n2c(C)cc(C=Nc3ccc(C(=O)O)cc3)c2C)cc1. The Kier molecular flexibility index (Phi) is 5.03. The highest BCUT2D eigenvalue weighted by Gasteiger charge is 2.09. The summed E-state index contributed by atoms with van der Waals surface area (Å²) < 4.78 is 2.22. The summed E-state index contributed by atoms with van der Waals surface area (Å²) in [7, 11) is 0. The molecule has 0 bridgehead atoms. The van der Waals surface area contributed by atoms with Crippen LogP contribution in [-0.2, 0) is 6.42 Å². The van der Waals surface area contributed by atoms with E-state index in [9.17, 15) is 4.79 Å². The van der Waals surface area contributed by atoms with E-state index >= 15 is 0 Å². The van der Waals surface area contributed by atoms with E-state index < -0.39 is 5.97 Å². The van der Waals surface area contributed by atoms with E-state index in [2.05, 4.69) is 60.7 Å². The van der Waals surface area contributed by atoms with E-state index in [0.717, 1.165) is 34.7 Å². The van der Waals surface area contributed by atoms with Crippen molar-refractivity contribution in [1.29, 1.82) is 0 Å². The Morgan fingerprint density at radius 2 is 1.73 bits per heavy atom. The fourth-order valence-electron chi connectivity index (χ4n) is 3.03. The zero-order valence-corrected chi connectivity index (χ0v) is 15.2. The molecule has 3 aromatic rings. The Bertz CT molecular complexity index is 949. The average Bonchev–Trinajstić information content (AvgIpc) is 2.94. The number of aromatic carboxylic acids is 1. The van der Waals surface area contributed by atoms with Gasteiger partial charge in [-0.1, -0.05) is 19.1 Å². The van der Waals surface area contributed by atoms with Gasteiger partial charge in [0, 0.05) is 28.9 Å². The van der Waals surface area contributed by atoms with E-state index in [4.69, 9.17) is 5.11 Å². The average molecular weight is 346 g/mol. The highest BCUT2D eigenvalue weighted by atomic mass is 16.4. The van der Waals surface area contributed by atoms with Gasteiger partial charge in [-0.2, -0.15) is 0 Å². The number of rotatable bonds is 5. The van der Waals surface area contributed by atoms with Crippen LogP contribution in [0.1, 0.15) is 39.8 Å².